The van der Waals surface area contributed by atoms with Gasteiger partial charge in [0.15, 0.2) is 0 Å². The summed E-state index contributed by atoms with van der Waals surface area (Å²) in [5, 5.41) is 14.7. The maximum atomic E-state index is 10.6. The molecular formula is C17H17N3O3. The molecule has 0 saturated heterocycles. The van der Waals surface area contributed by atoms with Crippen molar-refractivity contribution in [3.05, 3.63) is 76.4 Å². The van der Waals surface area contributed by atoms with Gasteiger partial charge in [0.2, 0.25) is 0 Å². The fraction of sp³-hybridized carbons (Fsp3) is 0.118. The lowest BCUT2D eigenvalue weighted by molar-refractivity contribution is -0.384. The number of nitro groups is 1. The quantitative estimate of drug-likeness (QED) is 0.363. The predicted octanol–water partition coefficient (Wildman–Crippen LogP) is 4.00. The molecule has 23 heavy (non-hydrogen) atoms. The van der Waals surface area contributed by atoms with E-state index >= 15 is 0 Å². The molecule has 1 N–H and O–H groups in total. The third-order valence-corrected chi connectivity index (χ3v) is 2.96. The van der Waals surface area contributed by atoms with Crippen molar-refractivity contribution in [2.45, 2.75) is 6.92 Å². The van der Waals surface area contributed by atoms with Crippen LogP contribution in [-0.4, -0.2) is 17.7 Å². The van der Waals surface area contributed by atoms with Gasteiger partial charge in [-0.1, -0.05) is 24.3 Å². The second kappa shape index (κ2) is 8.33. The second-order valence-corrected chi connectivity index (χ2v) is 4.59. The molecule has 0 bridgehead atoms. The molecule has 2 aromatic rings. The number of hydrogen-bond donors (Lipinski definition) is 1. The smallest absolute Gasteiger partial charge is 0.269 e. The summed E-state index contributed by atoms with van der Waals surface area (Å²) in [5.41, 5.74) is 4.47. The zero-order valence-corrected chi connectivity index (χ0v) is 12.7. The fourth-order valence-electron chi connectivity index (χ4n) is 1.78. The van der Waals surface area contributed by atoms with Crippen LogP contribution in [-0.2, 0) is 0 Å². The summed E-state index contributed by atoms with van der Waals surface area (Å²) < 4.78 is 5.62. The first-order chi connectivity index (χ1) is 11.2. The maximum absolute atomic E-state index is 10.6. The molecule has 2 aromatic carbocycles. The minimum absolute atomic E-state index is 0.0535. The van der Waals surface area contributed by atoms with Gasteiger partial charge in [-0.25, -0.2) is 0 Å². The molecule has 0 aliphatic carbocycles. The van der Waals surface area contributed by atoms with Crippen molar-refractivity contribution in [3.8, 4) is 5.75 Å². The zero-order valence-electron chi connectivity index (χ0n) is 12.7. The van der Waals surface area contributed by atoms with Crippen molar-refractivity contribution in [2.24, 2.45) is 5.10 Å². The van der Waals surface area contributed by atoms with Crippen molar-refractivity contribution in [1.82, 2.24) is 0 Å². The van der Waals surface area contributed by atoms with Gasteiger partial charge in [-0.15, -0.1) is 0 Å². The number of anilines is 1. The third kappa shape index (κ3) is 4.96. The molecule has 0 aliphatic heterocycles. The minimum atomic E-state index is -0.433. The van der Waals surface area contributed by atoms with Crippen molar-refractivity contribution in [1.29, 1.82) is 0 Å². The lowest BCUT2D eigenvalue weighted by Gasteiger charge is -2.08. The van der Waals surface area contributed by atoms with Gasteiger partial charge in [-0.3, -0.25) is 15.5 Å². The van der Waals surface area contributed by atoms with Crippen LogP contribution in [0, 0.1) is 10.1 Å². The number of nitro benzene ring substituents is 1. The molecule has 6 heteroatoms. The molecule has 0 amide bonds. The van der Waals surface area contributed by atoms with E-state index in [4.69, 9.17) is 4.74 Å². The Bertz CT molecular complexity index is 709. The molecule has 0 heterocycles. The molecule has 0 fully saturated rings. The molecule has 2 rings (SSSR count). The van der Waals surface area contributed by atoms with Crippen molar-refractivity contribution < 1.29 is 9.66 Å². The lowest BCUT2D eigenvalue weighted by atomic mass is 10.2. The fourth-order valence-corrected chi connectivity index (χ4v) is 1.78. The number of allylic oxidation sites excluding steroid dienone is 1. The molecule has 0 aromatic heterocycles. The van der Waals surface area contributed by atoms with Crippen LogP contribution in [0.15, 0.2) is 65.8 Å². The number of benzene rings is 2. The van der Waals surface area contributed by atoms with Crippen molar-refractivity contribution >= 4 is 17.6 Å². The molecule has 0 spiro atoms. The van der Waals surface area contributed by atoms with Gasteiger partial charge in [0, 0.05) is 12.1 Å². The third-order valence-electron chi connectivity index (χ3n) is 2.96. The average molecular weight is 311 g/mol. The summed E-state index contributed by atoms with van der Waals surface area (Å²) in [7, 11) is 0. The average Bonchev–Trinajstić information content (AvgIpc) is 2.57. The van der Waals surface area contributed by atoms with Crippen LogP contribution in [0.2, 0.25) is 0 Å². The van der Waals surface area contributed by atoms with Gasteiger partial charge in [-0.05, 0) is 36.8 Å². The highest BCUT2D eigenvalue weighted by Gasteiger charge is 2.03. The molecular weight excluding hydrogens is 294 g/mol. The number of hydrazone groups is 1. The van der Waals surface area contributed by atoms with E-state index in [1.807, 2.05) is 43.3 Å². The van der Waals surface area contributed by atoms with Crippen LogP contribution >= 0.6 is 0 Å². The largest absolute Gasteiger partial charge is 0.487 e. The lowest BCUT2D eigenvalue weighted by Crippen LogP contribution is -1.98. The predicted molar refractivity (Wildman–Crippen MR) is 91.1 cm³/mol. The summed E-state index contributed by atoms with van der Waals surface area (Å²) in [6, 6.07) is 13.6. The van der Waals surface area contributed by atoms with E-state index in [9.17, 15) is 10.1 Å². The highest BCUT2D eigenvalue weighted by Crippen LogP contribution is 2.23. The number of hydrogen-bond acceptors (Lipinski definition) is 5. The summed E-state index contributed by atoms with van der Waals surface area (Å²) in [4.78, 5) is 10.2. The van der Waals surface area contributed by atoms with Crippen LogP contribution in [0.1, 0.15) is 12.5 Å². The van der Waals surface area contributed by atoms with Crippen LogP contribution < -0.4 is 10.2 Å². The van der Waals surface area contributed by atoms with Gasteiger partial charge >= 0.3 is 0 Å². The Hall–Kier alpha value is -3.15. The van der Waals surface area contributed by atoms with Gasteiger partial charge in [0.25, 0.3) is 5.69 Å². The second-order valence-electron chi connectivity index (χ2n) is 4.59. The van der Waals surface area contributed by atoms with Crippen molar-refractivity contribution in [3.63, 3.8) is 0 Å². The Morgan fingerprint density at radius 1 is 1.22 bits per heavy atom. The minimum Gasteiger partial charge on any atom is -0.487 e. The molecule has 118 valence electrons. The summed E-state index contributed by atoms with van der Waals surface area (Å²) in [5.74, 6) is 0.700. The highest BCUT2D eigenvalue weighted by molar-refractivity contribution is 5.80. The summed E-state index contributed by atoms with van der Waals surface area (Å²) >= 11 is 0. The van der Waals surface area contributed by atoms with E-state index in [0.29, 0.717) is 12.4 Å². The molecule has 6 nitrogen and oxygen atoms in total. The van der Waals surface area contributed by atoms with E-state index in [-0.39, 0.29) is 5.69 Å². The van der Waals surface area contributed by atoms with E-state index in [1.54, 1.807) is 18.3 Å². The van der Waals surface area contributed by atoms with Gasteiger partial charge in [-0.2, -0.15) is 5.10 Å². The van der Waals surface area contributed by atoms with Crippen LogP contribution in [0.5, 0.6) is 5.75 Å². The van der Waals surface area contributed by atoms with Crippen molar-refractivity contribution in [2.75, 3.05) is 12.0 Å². The van der Waals surface area contributed by atoms with E-state index in [0.717, 1.165) is 11.3 Å². The Morgan fingerprint density at radius 3 is 2.65 bits per heavy atom. The molecule has 0 saturated carbocycles. The number of para-hydroxylation sites is 2. The van der Waals surface area contributed by atoms with Gasteiger partial charge in [0.05, 0.1) is 16.8 Å². The van der Waals surface area contributed by atoms with Crippen LogP contribution in [0.4, 0.5) is 11.4 Å². The summed E-state index contributed by atoms with van der Waals surface area (Å²) in [6.07, 6.45) is 5.42. The number of non-ortho nitro benzene ring substituents is 1. The van der Waals surface area contributed by atoms with Crippen LogP contribution in [0.3, 0.4) is 0 Å². The number of nitrogens with one attached hydrogen (secondary N) is 1. The number of rotatable bonds is 7. The first kappa shape index (κ1) is 16.2. The topological polar surface area (TPSA) is 76.8 Å². The Morgan fingerprint density at radius 2 is 1.96 bits per heavy atom. The van der Waals surface area contributed by atoms with E-state index in [1.165, 1.54) is 12.1 Å². The molecule has 0 aliphatic rings. The number of ether oxygens (including phenoxy) is 1. The monoisotopic (exact) mass is 311 g/mol. The maximum Gasteiger partial charge on any atom is 0.269 e. The highest BCUT2D eigenvalue weighted by atomic mass is 16.6. The standard InChI is InChI=1S/C17H17N3O3/c1-2-3-12-23-17-7-5-4-6-16(17)19-18-13-14-8-10-15(11-9-14)20(21)22/h2-11,13,19H,12H2,1H3/b3-2+,18-13-. The SMILES string of the molecule is C/C=C/COc1ccccc1N/N=C\c1ccc([N+](=O)[O-])cc1. The van der Waals surface area contributed by atoms with Crippen LogP contribution in [0.25, 0.3) is 0 Å². The summed E-state index contributed by atoms with van der Waals surface area (Å²) in [6.45, 7) is 2.42. The first-order valence-electron chi connectivity index (χ1n) is 7.07. The zero-order chi connectivity index (χ0) is 16.5. The Labute approximate surface area is 134 Å². The first-order valence-corrected chi connectivity index (χ1v) is 7.07. The van der Waals surface area contributed by atoms with Gasteiger partial charge < -0.3 is 4.74 Å². The molecule has 0 unspecified atom stereocenters. The molecule has 0 atom stereocenters. The molecule has 0 radical (unpaired) electrons. The van der Waals surface area contributed by atoms with E-state index < -0.39 is 4.92 Å². The Balaban J connectivity index is 2.01. The number of nitrogens with zero attached hydrogens (tertiary/aromatic N) is 2. The van der Waals surface area contributed by atoms with E-state index in [2.05, 4.69) is 10.5 Å². The Kier molecular flexibility index (Phi) is 5.88. The normalized spacial score (nSPS) is 11.0. The van der Waals surface area contributed by atoms with Gasteiger partial charge in [0.1, 0.15) is 12.4 Å².